The molecule has 7 nitrogen and oxygen atoms in total. The van der Waals surface area contributed by atoms with E-state index in [-0.39, 0.29) is 5.16 Å². The Bertz CT molecular complexity index is 928. The van der Waals surface area contributed by atoms with Crippen molar-refractivity contribution in [1.29, 1.82) is 0 Å². The van der Waals surface area contributed by atoms with Crippen LogP contribution in [0.3, 0.4) is 0 Å². The molecule has 0 aliphatic rings. The van der Waals surface area contributed by atoms with E-state index in [1.807, 2.05) is 42.3 Å². The van der Waals surface area contributed by atoms with Crippen LogP contribution >= 0.6 is 0 Å². The van der Waals surface area contributed by atoms with Crippen LogP contribution in [0.1, 0.15) is 0 Å². The topological polar surface area (TPSA) is 88.9 Å². The molecule has 0 spiro atoms. The Morgan fingerprint density at radius 2 is 1.77 bits per heavy atom. The predicted octanol–water partition coefficient (Wildman–Crippen LogP) is 1.59. The minimum absolute atomic E-state index is 0.238. The second kappa shape index (κ2) is 5.30. The third kappa shape index (κ3) is 2.60. The lowest BCUT2D eigenvalue weighted by Crippen LogP contribution is -2.13. The molecule has 0 aliphatic carbocycles. The number of sulfone groups is 1. The molecular formula is C14H13N5O2S. The largest absolute Gasteiger partial charge is 0.328 e. The van der Waals surface area contributed by atoms with Gasteiger partial charge in [0.15, 0.2) is 5.82 Å². The van der Waals surface area contributed by atoms with Gasteiger partial charge in [-0.05, 0) is 12.1 Å². The summed E-state index contributed by atoms with van der Waals surface area (Å²) in [5, 5.41) is -0.238. The zero-order valence-electron chi connectivity index (χ0n) is 12.0. The van der Waals surface area contributed by atoms with Crippen LogP contribution in [0.15, 0.2) is 48.0 Å². The van der Waals surface area contributed by atoms with Crippen LogP contribution in [0.5, 0.6) is 0 Å². The average molecular weight is 315 g/mol. The highest BCUT2D eigenvalue weighted by atomic mass is 32.2. The summed E-state index contributed by atoms with van der Waals surface area (Å²) in [6.07, 6.45) is 3.86. The highest BCUT2D eigenvalue weighted by Gasteiger charge is 2.16. The molecule has 0 unspecified atom stereocenters. The molecule has 0 aliphatic heterocycles. The van der Waals surface area contributed by atoms with Crippen molar-refractivity contribution in [3.63, 3.8) is 0 Å². The summed E-state index contributed by atoms with van der Waals surface area (Å²) in [6, 6.07) is 9.58. The standard InChI is InChI=1S/C14H13N5O2S/c1-19(10-6-4-3-5-7-10)13-12-11(16-9-17-13)8-15-14(18-12)22(2,20)21/h3-9H,1-2H3. The Morgan fingerprint density at radius 1 is 1.05 bits per heavy atom. The number of rotatable bonds is 3. The van der Waals surface area contributed by atoms with Crippen LogP contribution < -0.4 is 4.90 Å². The SMILES string of the molecule is CN(c1ccccc1)c1ncnc2cnc(S(C)(=O)=O)nc12. The first-order valence-electron chi connectivity index (χ1n) is 6.43. The van der Waals surface area contributed by atoms with E-state index in [0.29, 0.717) is 16.9 Å². The Labute approximate surface area is 127 Å². The van der Waals surface area contributed by atoms with Crippen molar-refractivity contribution in [2.75, 3.05) is 18.2 Å². The number of anilines is 2. The first-order chi connectivity index (χ1) is 10.5. The van der Waals surface area contributed by atoms with Gasteiger partial charge in [-0.1, -0.05) is 18.2 Å². The van der Waals surface area contributed by atoms with Crippen molar-refractivity contribution < 1.29 is 8.42 Å². The molecule has 0 amide bonds. The molecule has 1 aromatic carbocycles. The molecule has 0 saturated carbocycles. The lowest BCUT2D eigenvalue weighted by Gasteiger charge is -2.19. The van der Waals surface area contributed by atoms with Gasteiger partial charge in [-0.2, -0.15) is 0 Å². The predicted molar refractivity (Wildman–Crippen MR) is 82.7 cm³/mol. The third-order valence-corrected chi connectivity index (χ3v) is 3.99. The fourth-order valence-electron chi connectivity index (χ4n) is 2.02. The van der Waals surface area contributed by atoms with Crippen molar-refractivity contribution in [3.05, 3.63) is 42.9 Å². The molecule has 3 aromatic rings. The Hall–Kier alpha value is -2.61. The highest BCUT2D eigenvalue weighted by molar-refractivity contribution is 7.90. The summed E-state index contributed by atoms with van der Waals surface area (Å²) >= 11 is 0. The third-order valence-electron chi connectivity index (χ3n) is 3.13. The lowest BCUT2D eigenvalue weighted by molar-refractivity contribution is 0.593. The molecule has 2 heterocycles. The second-order valence-electron chi connectivity index (χ2n) is 4.75. The van der Waals surface area contributed by atoms with E-state index in [1.165, 1.54) is 12.5 Å². The molecule has 0 atom stereocenters. The number of aromatic nitrogens is 4. The Kier molecular flexibility index (Phi) is 3.45. The molecule has 0 saturated heterocycles. The highest BCUT2D eigenvalue weighted by Crippen LogP contribution is 2.26. The van der Waals surface area contributed by atoms with Gasteiger partial charge in [0, 0.05) is 19.0 Å². The van der Waals surface area contributed by atoms with Gasteiger partial charge in [-0.15, -0.1) is 0 Å². The van der Waals surface area contributed by atoms with Gasteiger partial charge < -0.3 is 4.90 Å². The van der Waals surface area contributed by atoms with Crippen molar-refractivity contribution >= 4 is 32.4 Å². The van der Waals surface area contributed by atoms with Crippen LogP contribution in [0, 0.1) is 0 Å². The number of nitrogens with zero attached hydrogens (tertiary/aromatic N) is 5. The van der Waals surface area contributed by atoms with Gasteiger partial charge in [0.1, 0.15) is 17.4 Å². The maximum atomic E-state index is 11.6. The summed E-state index contributed by atoms with van der Waals surface area (Å²) in [5.74, 6) is 0.517. The smallest absolute Gasteiger partial charge is 0.247 e. The molecule has 0 bridgehead atoms. The number of fused-ring (bicyclic) bond motifs is 1. The summed E-state index contributed by atoms with van der Waals surface area (Å²) < 4.78 is 23.3. The molecular weight excluding hydrogens is 302 g/mol. The van der Waals surface area contributed by atoms with Crippen LogP contribution in [0.25, 0.3) is 11.0 Å². The van der Waals surface area contributed by atoms with Crippen LogP contribution in [0.4, 0.5) is 11.5 Å². The zero-order valence-corrected chi connectivity index (χ0v) is 12.8. The van der Waals surface area contributed by atoms with Crippen molar-refractivity contribution in [2.24, 2.45) is 0 Å². The molecule has 22 heavy (non-hydrogen) atoms. The van der Waals surface area contributed by atoms with Gasteiger partial charge in [-0.25, -0.2) is 28.4 Å². The fraction of sp³-hybridized carbons (Fsp3) is 0.143. The van der Waals surface area contributed by atoms with Gasteiger partial charge >= 0.3 is 0 Å². The molecule has 0 fully saturated rings. The molecule has 2 aromatic heterocycles. The zero-order chi connectivity index (χ0) is 15.7. The summed E-state index contributed by atoms with van der Waals surface area (Å²) in [4.78, 5) is 18.1. The average Bonchev–Trinajstić information content (AvgIpc) is 2.53. The first-order valence-corrected chi connectivity index (χ1v) is 8.32. The molecule has 0 radical (unpaired) electrons. The molecule has 112 valence electrons. The molecule has 0 N–H and O–H groups in total. The first kappa shape index (κ1) is 14.3. The van der Waals surface area contributed by atoms with Gasteiger partial charge in [-0.3, -0.25) is 0 Å². The number of hydrogen-bond acceptors (Lipinski definition) is 7. The normalized spacial score (nSPS) is 11.5. The Balaban J connectivity index is 2.21. The fourth-order valence-corrected chi connectivity index (χ4v) is 2.52. The summed E-state index contributed by atoms with van der Waals surface area (Å²) in [5.41, 5.74) is 1.78. The van der Waals surface area contributed by atoms with E-state index in [2.05, 4.69) is 19.9 Å². The number of benzene rings is 1. The molecule has 3 rings (SSSR count). The number of para-hydroxylation sites is 1. The van der Waals surface area contributed by atoms with E-state index in [0.717, 1.165) is 11.9 Å². The van der Waals surface area contributed by atoms with Gasteiger partial charge in [0.25, 0.3) is 0 Å². The monoisotopic (exact) mass is 315 g/mol. The van der Waals surface area contributed by atoms with E-state index in [9.17, 15) is 8.42 Å². The summed E-state index contributed by atoms with van der Waals surface area (Å²) in [6.45, 7) is 0. The minimum atomic E-state index is -3.50. The van der Waals surface area contributed by atoms with Crippen LogP contribution in [0.2, 0.25) is 0 Å². The van der Waals surface area contributed by atoms with Crippen LogP contribution in [-0.4, -0.2) is 41.7 Å². The summed E-state index contributed by atoms with van der Waals surface area (Å²) in [7, 11) is -1.67. The quantitative estimate of drug-likeness (QED) is 0.678. The second-order valence-corrected chi connectivity index (χ2v) is 6.66. The van der Waals surface area contributed by atoms with E-state index < -0.39 is 9.84 Å². The van der Waals surface area contributed by atoms with Crippen LogP contribution in [-0.2, 0) is 9.84 Å². The van der Waals surface area contributed by atoms with Gasteiger partial charge in [0.2, 0.25) is 15.0 Å². The molecule has 8 heteroatoms. The van der Waals surface area contributed by atoms with Crippen molar-refractivity contribution in [1.82, 2.24) is 19.9 Å². The van der Waals surface area contributed by atoms with E-state index in [4.69, 9.17) is 0 Å². The number of hydrogen-bond donors (Lipinski definition) is 0. The lowest BCUT2D eigenvalue weighted by atomic mass is 10.3. The minimum Gasteiger partial charge on any atom is -0.328 e. The van der Waals surface area contributed by atoms with Crippen molar-refractivity contribution in [3.8, 4) is 0 Å². The van der Waals surface area contributed by atoms with E-state index in [1.54, 1.807) is 0 Å². The maximum Gasteiger partial charge on any atom is 0.247 e. The Morgan fingerprint density at radius 3 is 2.45 bits per heavy atom. The van der Waals surface area contributed by atoms with Crippen molar-refractivity contribution in [2.45, 2.75) is 5.16 Å². The van der Waals surface area contributed by atoms with Gasteiger partial charge in [0.05, 0.1) is 6.20 Å². The maximum absolute atomic E-state index is 11.6. The van der Waals surface area contributed by atoms with E-state index >= 15 is 0 Å².